The van der Waals surface area contributed by atoms with Crippen LogP contribution in [0.15, 0.2) is 61.3 Å². The highest BCUT2D eigenvalue weighted by Crippen LogP contribution is 2.48. The molecule has 0 radical (unpaired) electrons. The lowest BCUT2D eigenvalue weighted by Crippen LogP contribution is -3.00. The Hall–Kier alpha value is -2.63. The number of nitrogens with zero attached hydrogens (tertiary/aromatic N) is 2. The molecule has 1 aromatic heterocycles. The highest BCUT2D eigenvalue weighted by Gasteiger charge is 2.54. The van der Waals surface area contributed by atoms with Crippen LogP contribution >= 0.6 is 0 Å². The summed E-state index contributed by atoms with van der Waals surface area (Å²) in [5.41, 5.74) is -1.47. The summed E-state index contributed by atoms with van der Waals surface area (Å²) in [4.78, 5) is 4.37. The molecule has 3 saturated heterocycles. The molecule has 3 fully saturated rings. The van der Waals surface area contributed by atoms with Crippen molar-refractivity contribution in [1.29, 1.82) is 0 Å². The average molecular weight is 631 g/mol. The van der Waals surface area contributed by atoms with Gasteiger partial charge in [-0.1, -0.05) is 6.08 Å². The van der Waals surface area contributed by atoms with Gasteiger partial charge in [-0.25, -0.2) is 0 Å². The molecule has 216 valence electrons. The molecule has 3 aliphatic rings. The van der Waals surface area contributed by atoms with Crippen LogP contribution in [0, 0.1) is 11.8 Å². The number of fused-ring (bicyclic) bond motifs is 4. The highest BCUT2D eigenvalue weighted by atomic mass is 79.9. The zero-order chi connectivity index (χ0) is 28.2. The van der Waals surface area contributed by atoms with Crippen LogP contribution < -0.4 is 21.7 Å². The molecule has 40 heavy (non-hydrogen) atoms. The van der Waals surface area contributed by atoms with Crippen LogP contribution in [0.5, 0.6) is 5.75 Å². The van der Waals surface area contributed by atoms with Gasteiger partial charge in [0.2, 0.25) is 0 Å². The van der Waals surface area contributed by atoms with Gasteiger partial charge in [-0.15, -0.1) is 6.58 Å². The van der Waals surface area contributed by atoms with Crippen LogP contribution in [0.25, 0.3) is 10.9 Å². The predicted octanol–water partition coefficient (Wildman–Crippen LogP) is 3.93. The van der Waals surface area contributed by atoms with Gasteiger partial charge in [-0.2, -0.15) is 26.3 Å². The number of quaternary nitrogens is 1. The molecule has 5 atom stereocenters. The maximum absolute atomic E-state index is 13.6. The first-order valence-corrected chi connectivity index (χ1v) is 12.7. The third-order valence-electron chi connectivity index (χ3n) is 8.49. The fraction of sp³-hybridized carbons (Fsp3) is 0.414. The van der Waals surface area contributed by atoms with E-state index in [4.69, 9.17) is 4.74 Å². The summed E-state index contributed by atoms with van der Waals surface area (Å²) in [5, 5.41) is 12.5. The summed E-state index contributed by atoms with van der Waals surface area (Å²) in [7, 11) is 1.53. The van der Waals surface area contributed by atoms with E-state index in [9.17, 15) is 31.4 Å². The SMILES string of the molecule is C=C[C@H]1C[N+]2(Cc3cc(C(F)(F)F)cc(C(F)(F)F)c3)CC[C@H]1C[C@H]2[C@H](O)c1ccnc2ccc(OC)cc12.[Br-]. The van der Waals surface area contributed by atoms with Gasteiger partial charge in [0.25, 0.3) is 0 Å². The van der Waals surface area contributed by atoms with Crippen LogP contribution in [0.2, 0.25) is 0 Å². The zero-order valence-corrected chi connectivity index (χ0v) is 23.2. The number of hydrogen-bond donors (Lipinski definition) is 1. The lowest BCUT2D eigenvalue weighted by atomic mass is 9.71. The van der Waals surface area contributed by atoms with Gasteiger partial charge in [0.05, 0.1) is 36.8 Å². The molecular weight excluding hydrogens is 602 g/mol. The first-order chi connectivity index (χ1) is 18.3. The molecule has 11 heteroatoms. The number of alkyl halides is 6. The molecular formula is C29H29BrF6N2O2. The first kappa shape index (κ1) is 30.3. The summed E-state index contributed by atoms with van der Waals surface area (Å²) in [6.07, 6.45) is -6.16. The van der Waals surface area contributed by atoms with Crippen LogP contribution in [-0.4, -0.2) is 40.8 Å². The molecule has 6 rings (SSSR count). The Bertz CT molecular complexity index is 1360. The minimum atomic E-state index is -4.93. The third-order valence-corrected chi connectivity index (χ3v) is 8.49. The van der Waals surface area contributed by atoms with E-state index in [1.807, 2.05) is 6.08 Å². The maximum Gasteiger partial charge on any atom is 0.416 e. The van der Waals surface area contributed by atoms with E-state index in [0.717, 1.165) is 18.6 Å². The van der Waals surface area contributed by atoms with Gasteiger partial charge >= 0.3 is 12.4 Å². The molecule has 2 bridgehead atoms. The number of rotatable bonds is 6. The van der Waals surface area contributed by atoms with Crippen molar-refractivity contribution in [2.75, 3.05) is 20.2 Å². The second-order valence-electron chi connectivity index (χ2n) is 10.7. The van der Waals surface area contributed by atoms with E-state index < -0.39 is 35.6 Å². The fourth-order valence-corrected chi connectivity index (χ4v) is 6.59. The second-order valence-corrected chi connectivity index (χ2v) is 10.7. The van der Waals surface area contributed by atoms with Gasteiger partial charge < -0.3 is 31.3 Å². The normalized spacial score (nSPS) is 25.4. The smallest absolute Gasteiger partial charge is 0.416 e. The maximum atomic E-state index is 13.6. The van der Waals surface area contributed by atoms with Crippen molar-refractivity contribution in [1.82, 2.24) is 4.98 Å². The Morgan fingerprint density at radius 3 is 2.35 bits per heavy atom. The Morgan fingerprint density at radius 1 is 1.07 bits per heavy atom. The van der Waals surface area contributed by atoms with E-state index in [1.165, 1.54) is 7.11 Å². The largest absolute Gasteiger partial charge is 1.00 e. The van der Waals surface area contributed by atoms with Gasteiger partial charge in [0.15, 0.2) is 0 Å². The van der Waals surface area contributed by atoms with E-state index in [2.05, 4.69) is 11.6 Å². The minimum Gasteiger partial charge on any atom is -1.00 e. The summed E-state index contributed by atoms with van der Waals surface area (Å²) >= 11 is 0. The van der Waals surface area contributed by atoms with Gasteiger partial charge in [0.1, 0.15) is 24.4 Å². The van der Waals surface area contributed by atoms with Gasteiger partial charge in [-0.3, -0.25) is 4.98 Å². The summed E-state index contributed by atoms with van der Waals surface area (Å²) in [6, 6.07) is 8.34. The van der Waals surface area contributed by atoms with Crippen molar-refractivity contribution in [2.45, 2.75) is 43.9 Å². The van der Waals surface area contributed by atoms with Crippen molar-refractivity contribution in [3.8, 4) is 5.75 Å². The van der Waals surface area contributed by atoms with Gasteiger partial charge in [0, 0.05) is 35.9 Å². The number of aliphatic hydroxyl groups is 1. The number of methoxy groups -OCH3 is 1. The monoisotopic (exact) mass is 630 g/mol. The quantitative estimate of drug-likeness (QED) is 0.255. The fourth-order valence-electron chi connectivity index (χ4n) is 6.59. The summed E-state index contributed by atoms with van der Waals surface area (Å²) in [6.45, 7) is 4.86. The third kappa shape index (κ3) is 5.60. The molecule has 0 aliphatic carbocycles. The van der Waals surface area contributed by atoms with Crippen molar-refractivity contribution >= 4 is 10.9 Å². The van der Waals surface area contributed by atoms with Crippen LogP contribution in [0.1, 0.15) is 41.2 Å². The number of pyridine rings is 1. The Kier molecular flexibility index (Phi) is 8.33. The van der Waals surface area contributed by atoms with Crippen molar-refractivity contribution in [3.63, 3.8) is 0 Å². The number of benzene rings is 2. The number of aliphatic hydroxyl groups excluding tert-OH is 1. The standard InChI is InChI=1S/C29H29F6N2O2.BrH/c1-3-18-16-37(15-17-10-20(28(30,31)32)13-21(11-17)29(33,34)35)9-7-19(18)12-26(37)27(38)23-6-8-36-25-5-4-22(39-2)14-24(23)25;/h3-6,8,10-11,13-14,18-19,26-27,38H,1,7,9,12,15-16H2,2H3;1H/q+1;/p-1/t18-,19-,26-,27+,37?;/m0./s1. The zero-order valence-electron chi connectivity index (χ0n) is 21.6. The Morgan fingerprint density at radius 2 is 1.75 bits per heavy atom. The molecule has 0 amide bonds. The summed E-state index contributed by atoms with van der Waals surface area (Å²) in [5.74, 6) is 0.843. The molecule has 4 heterocycles. The Labute approximate surface area is 238 Å². The number of aromatic nitrogens is 1. The molecule has 3 aliphatic heterocycles. The van der Waals surface area contributed by atoms with E-state index in [1.54, 1.807) is 30.5 Å². The van der Waals surface area contributed by atoms with E-state index in [0.29, 0.717) is 41.7 Å². The lowest BCUT2D eigenvalue weighted by Gasteiger charge is -2.58. The number of ether oxygens (including phenoxy) is 1. The van der Waals surface area contributed by atoms with Gasteiger partial charge in [-0.05, 0) is 53.9 Å². The molecule has 3 aromatic rings. The second kappa shape index (κ2) is 11.0. The van der Waals surface area contributed by atoms with E-state index >= 15 is 0 Å². The first-order valence-electron chi connectivity index (χ1n) is 12.7. The average Bonchev–Trinajstić information content (AvgIpc) is 2.90. The molecule has 1 unspecified atom stereocenters. The van der Waals surface area contributed by atoms with Crippen molar-refractivity contribution < 1.29 is 57.7 Å². The highest BCUT2D eigenvalue weighted by molar-refractivity contribution is 5.83. The van der Waals surface area contributed by atoms with Crippen LogP contribution in [0.3, 0.4) is 0 Å². The molecule has 0 spiro atoms. The van der Waals surface area contributed by atoms with Crippen LogP contribution in [-0.2, 0) is 18.9 Å². The summed E-state index contributed by atoms with van der Waals surface area (Å²) < 4.78 is 87.2. The number of halogens is 7. The number of piperidine rings is 3. The van der Waals surface area contributed by atoms with Crippen LogP contribution in [0.4, 0.5) is 26.3 Å². The topological polar surface area (TPSA) is 42.4 Å². The minimum absolute atomic E-state index is 0. The Balaban J connectivity index is 0.00000370. The predicted molar refractivity (Wildman–Crippen MR) is 134 cm³/mol. The number of hydrogen-bond acceptors (Lipinski definition) is 3. The molecule has 2 aromatic carbocycles. The van der Waals surface area contributed by atoms with Crippen molar-refractivity contribution in [3.05, 3.63) is 83.6 Å². The molecule has 1 N–H and O–H groups in total. The lowest BCUT2D eigenvalue weighted by molar-refractivity contribution is -0.984. The van der Waals surface area contributed by atoms with E-state index in [-0.39, 0.29) is 51.5 Å². The molecule has 0 saturated carbocycles. The van der Waals surface area contributed by atoms with Crippen molar-refractivity contribution in [2.24, 2.45) is 11.8 Å². The molecule has 4 nitrogen and oxygen atoms in total.